The molecule has 2 aromatic rings. The first-order valence-electron chi connectivity index (χ1n) is 8.52. The average Bonchev–Trinajstić information content (AvgIpc) is 3.01. The Kier molecular flexibility index (Phi) is 4.22. The molecule has 1 unspecified atom stereocenters. The van der Waals surface area contributed by atoms with E-state index in [0.717, 1.165) is 39.5 Å². The Morgan fingerprint density at radius 2 is 2.04 bits per heavy atom. The lowest BCUT2D eigenvalue weighted by Crippen LogP contribution is -2.50. The molecule has 1 aromatic carbocycles. The molecule has 134 valence electrons. The number of phenols is 1. The number of rotatable bonds is 3. The molecule has 3 N–H and O–H groups in total. The molecule has 25 heavy (non-hydrogen) atoms. The number of aromatic nitrogens is 2. The Balaban J connectivity index is 1.81. The van der Waals surface area contributed by atoms with E-state index in [-0.39, 0.29) is 5.91 Å². The highest BCUT2D eigenvalue weighted by molar-refractivity contribution is 5.85. The van der Waals surface area contributed by atoms with Crippen LogP contribution in [0.25, 0.3) is 0 Å². The fourth-order valence-corrected chi connectivity index (χ4v) is 3.32. The number of ether oxygens (including phenoxy) is 1. The highest BCUT2D eigenvalue weighted by Crippen LogP contribution is 2.43. The SMILES string of the molecule is Cc1cnc(CNC(=O)C2(C)CCc3c(C)c(O)c(C)c(C)c3O2)[nH]1. The van der Waals surface area contributed by atoms with Crippen molar-refractivity contribution in [3.05, 3.63) is 40.0 Å². The standard InChI is InChI=1S/C19H25N3O3/c1-10-8-20-15(22-10)9-21-18(24)19(5)7-6-14-13(4)16(23)11(2)12(3)17(14)25-19/h8,23H,6-7,9H2,1-5H3,(H,20,22)(H,21,24). The number of H-pyrrole nitrogens is 1. The van der Waals surface area contributed by atoms with Gasteiger partial charge in [0.2, 0.25) is 0 Å². The number of carbonyl (C=O) groups is 1. The molecular formula is C19H25N3O3. The Morgan fingerprint density at radius 1 is 1.32 bits per heavy atom. The summed E-state index contributed by atoms with van der Waals surface area (Å²) in [6, 6.07) is 0. The normalized spacial score (nSPS) is 19.2. The van der Waals surface area contributed by atoms with Crippen molar-refractivity contribution in [3.63, 3.8) is 0 Å². The van der Waals surface area contributed by atoms with Crippen LogP contribution in [-0.2, 0) is 17.8 Å². The van der Waals surface area contributed by atoms with Crippen LogP contribution in [0.15, 0.2) is 6.20 Å². The third-order valence-corrected chi connectivity index (χ3v) is 5.17. The number of aromatic hydroxyl groups is 1. The first-order valence-corrected chi connectivity index (χ1v) is 8.52. The minimum absolute atomic E-state index is 0.157. The van der Waals surface area contributed by atoms with Crippen molar-refractivity contribution < 1.29 is 14.6 Å². The Hall–Kier alpha value is -2.50. The molecule has 1 aliphatic rings. The Bertz CT molecular complexity index is 841. The molecule has 0 saturated carbocycles. The van der Waals surface area contributed by atoms with Crippen LogP contribution in [0.5, 0.6) is 11.5 Å². The minimum atomic E-state index is -0.935. The van der Waals surface area contributed by atoms with E-state index in [4.69, 9.17) is 4.74 Å². The maximum absolute atomic E-state index is 12.7. The fraction of sp³-hybridized carbons (Fsp3) is 0.474. The van der Waals surface area contributed by atoms with Gasteiger partial charge in [0.05, 0.1) is 6.54 Å². The number of imidazole rings is 1. The van der Waals surface area contributed by atoms with Gasteiger partial charge in [-0.25, -0.2) is 4.98 Å². The second-order valence-electron chi connectivity index (χ2n) is 7.06. The molecule has 0 fully saturated rings. The number of amides is 1. The maximum Gasteiger partial charge on any atom is 0.264 e. The zero-order chi connectivity index (χ0) is 18.4. The summed E-state index contributed by atoms with van der Waals surface area (Å²) in [7, 11) is 0. The predicted molar refractivity (Wildman–Crippen MR) is 94.8 cm³/mol. The van der Waals surface area contributed by atoms with Crippen LogP contribution in [0.3, 0.4) is 0 Å². The molecule has 0 bridgehead atoms. The lowest BCUT2D eigenvalue weighted by atomic mass is 9.86. The van der Waals surface area contributed by atoms with Gasteiger partial charge >= 0.3 is 0 Å². The number of phenolic OH excluding ortho intramolecular Hbond substituents is 1. The van der Waals surface area contributed by atoms with Crippen molar-refractivity contribution in [2.45, 2.75) is 59.6 Å². The van der Waals surface area contributed by atoms with Gasteiger partial charge < -0.3 is 20.1 Å². The second kappa shape index (κ2) is 6.10. The van der Waals surface area contributed by atoms with Crippen molar-refractivity contribution >= 4 is 5.91 Å². The van der Waals surface area contributed by atoms with Gasteiger partial charge in [-0.3, -0.25) is 4.79 Å². The molecule has 1 amide bonds. The first kappa shape index (κ1) is 17.3. The first-order chi connectivity index (χ1) is 11.7. The summed E-state index contributed by atoms with van der Waals surface area (Å²) in [6.45, 7) is 9.76. The molecule has 1 atom stereocenters. The molecule has 0 aliphatic carbocycles. The third-order valence-electron chi connectivity index (χ3n) is 5.17. The Labute approximate surface area is 147 Å². The lowest BCUT2D eigenvalue weighted by Gasteiger charge is -2.36. The molecule has 1 aliphatic heterocycles. The van der Waals surface area contributed by atoms with Crippen molar-refractivity contribution in [1.29, 1.82) is 0 Å². The van der Waals surface area contributed by atoms with Crippen molar-refractivity contribution in [2.24, 2.45) is 0 Å². The van der Waals surface area contributed by atoms with Crippen LogP contribution in [0.2, 0.25) is 0 Å². The lowest BCUT2D eigenvalue weighted by molar-refractivity contribution is -0.137. The van der Waals surface area contributed by atoms with Crippen LogP contribution >= 0.6 is 0 Å². The van der Waals surface area contributed by atoms with Crippen molar-refractivity contribution in [3.8, 4) is 11.5 Å². The topological polar surface area (TPSA) is 87.2 Å². The van der Waals surface area contributed by atoms with Crippen molar-refractivity contribution in [2.75, 3.05) is 0 Å². The second-order valence-corrected chi connectivity index (χ2v) is 7.06. The minimum Gasteiger partial charge on any atom is -0.507 e. The zero-order valence-electron chi connectivity index (χ0n) is 15.4. The molecule has 0 saturated heterocycles. The molecule has 1 aromatic heterocycles. The predicted octanol–water partition coefficient (Wildman–Crippen LogP) is 2.75. The number of fused-ring (bicyclic) bond motifs is 1. The number of carbonyl (C=O) groups excluding carboxylic acids is 1. The summed E-state index contributed by atoms with van der Waals surface area (Å²) in [5, 5.41) is 13.2. The molecule has 6 heteroatoms. The third kappa shape index (κ3) is 2.97. The molecule has 3 rings (SSSR count). The smallest absolute Gasteiger partial charge is 0.264 e. The summed E-state index contributed by atoms with van der Waals surface area (Å²) < 4.78 is 6.17. The summed E-state index contributed by atoms with van der Waals surface area (Å²) in [4.78, 5) is 20.0. The van der Waals surface area contributed by atoms with Gasteiger partial charge in [-0.15, -0.1) is 0 Å². The number of aryl methyl sites for hydroxylation is 1. The van der Waals surface area contributed by atoms with E-state index in [1.54, 1.807) is 6.20 Å². The summed E-state index contributed by atoms with van der Waals surface area (Å²) in [5.41, 5.74) is 3.54. The number of nitrogens with one attached hydrogen (secondary N) is 2. The van der Waals surface area contributed by atoms with Crippen LogP contribution in [0.4, 0.5) is 0 Å². The molecule has 0 spiro atoms. The number of benzene rings is 1. The number of nitrogens with zero attached hydrogens (tertiary/aromatic N) is 1. The summed E-state index contributed by atoms with van der Waals surface area (Å²) in [6.07, 6.45) is 2.99. The number of hydrogen-bond donors (Lipinski definition) is 3. The van der Waals surface area contributed by atoms with E-state index in [0.29, 0.717) is 25.1 Å². The van der Waals surface area contributed by atoms with E-state index in [9.17, 15) is 9.90 Å². The van der Waals surface area contributed by atoms with Gasteiger partial charge in [0.15, 0.2) is 5.60 Å². The molecule has 0 radical (unpaired) electrons. The van der Waals surface area contributed by atoms with Crippen LogP contribution < -0.4 is 10.1 Å². The highest BCUT2D eigenvalue weighted by atomic mass is 16.5. The van der Waals surface area contributed by atoms with Gasteiger partial charge in [0.25, 0.3) is 5.91 Å². The summed E-state index contributed by atoms with van der Waals surface area (Å²) in [5.74, 6) is 1.61. The highest BCUT2D eigenvalue weighted by Gasteiger charge is 2.40. The van der Waals surface area contributed by atoms with Crippen molar-refractivity contribution in [1.82, 2.24) is 15.3 Å². The number of aromatic amines is 1. The average molecular weight is 343 g/mol. The molecular weight excluding hydrogens is 318 g/mol. The number of hydrogen-bond acceptors (Lipinski definition) is 4. The van der Waals surface area contributed by atoms with E-state index in [1.165, 1.54) is 0 Å². The van der Waals surface area contributed by atoms with E-state index < -0.39 is 5.60 Å². The van der Waals surface area contributed by atoms with E-state index in [1.807, 2.05) is 34.6 Å². The summed E-state index contributed by atoms with van der Waals surface area (Å²) >= 11 is 0. The quantitative estimate of drug-likeness (QED) is 0.800. The molecule has 2 heterocycles. The van der Waals surface area contributed by atoms with Gasteiger partial charge in [0, 0.05) is 23.9 Å². The van der Waals surface area contributed by atoms with Crippen LogP contribution in [0, 0.1) is 27.7 Å². The van der Waals surface area contributed by atoms with Gasteiger partial charge in [-0.2, -0.15) is 0 Å². The monoisotopic (exact) mass is 343 g/mol. The Morgan fingerprint density at radius 3 is 2.68 bits per heavy atom. The van der Waals surface area contributed by atoms with Crippen LogP contribution in [0.1, 0.15) is 47.1 Å². The maximum atomic E-state index is 12.7. The van der Waals surface area contributed by atoms with Crippen LogP contribution in [-0.4, -0.2) is 26.6 Å². The van der Waals surface area contributed by atoms with Gasteiger partial charge in [0.1, 0.15) is 17.3 Å². The largest absolute Gasteiger partial charge is 0.507 e. The van der Waals surface area contributed by atoms with Gasteiger partial charge in [-0.1, -0.05) is 0 Å². The van der Waals surface area contributed by atoms with E-state index in [2.05, 4.69) is 15.3 Å². The fourth-order valence-electron chi connectivity index (χ4n) is 3.32. The zero-order valence-corrected chi connectivity index (χ0v) is 15.4. The van der Waals surface area contributed by atoms with Gasteiger partial charge in [-0.05, 0) is 57.7 Å². The molecule has 6 nitrogen and oxygen atoms in total. The van der Waals surface area contributed by atoms with E-state index >= 15 is 0 Å².